The zero-order valence-electron chi connectivity index (χ0n) is 14.0. The minimum Gasteiger partial charge on any atom is -0.481 e. The van der Waals surface area contributed by atoms with Crippen molar-refractivity contribution in [1.82, 2.24) is 9.97 Å². The van der Waals surface area contributed by atoms with Gasteiger partial charge in [-0.05, 0) is 30.3 Å². The van der Waals surface area contributed by atoms with Crippen molar-refractivity contribution in [2.45, 2.75) is 0 Å². The van der Waals surface area contributed by atoms with Crippen LogP contribution in [0, 0.1) is 0 Å². The number of hydrogen-bond acceptors (Lipinski definition) is 5. The molecular weight excluding hydrogens is 315 g/mol. The lowest BCUT2D eigenvalue weighted by atomic mass is 9.95. The van der Waals surface area contributed by atoms with Crippen LogP contribution in [0.25, 0.3) is 0 Å². The van der Waals surface area contributed by atoms with E-state index < -0.39 is 0 Å². The Hall–Kier alpha value is -3.35. The fraction of sp³-hybridized carbons (Fsp3) is 0.0556. The first kappa shape index (κ1) is 16.5. The number of nitrogens with zero attached hydrogens (tertiary/aromatic N) is 2. The Kier molecular flexibility index (Phi) is 4.94. The molecule has 0 radical (unpaired) electrons. The number of benzene rings is 1. The van der Waals surface area contributed by atoms with Crippen LogP contribution in [0.4, 0.5) is 17.1 Å². The summed E-state index contributed by atoms with van der Waals surface area (Å²) >= 11 is 0. The number of methoxy groups -OCH3 is 1. The van der Waals surface area contributed by atoms with Gasteiger partial charge in [-0.2, -0.15) is 0 Å². The first-order chi connectivity index (χ1) is 12.2. The molecule has 3 rings (SSSR count). The molecule has 0 saturated heterocycles. The van der Waals surface area contributed by atoms with E-state index in [4.69, 9.17) is 4.74 Å². The van der Waals surface area contributed by atoms with Crippen LogP contribution >= 0.6 is 0 Å². The number of carbonyl (C=O) groups is 1. The maximum absolute atomic E-state index is 12.4. The van der Waals surface area contributed by atoms with Gasteiger partial charge in [0, 0.05) is 12.3 Å². The van der Waals surface area contributed by atoms with E-state index in [2.05, 4.69) is 20.6 Å². The summed E-state index contributed by atoms with van der Waals surface area (Å²) in [4.78, 5) is 20.6. The number of anilines is 3. The predicted octanol–water partition coefficient (Wildman–Crippen LogP) is 1.74. The number of ether oxygens (including phenoxy) is 1. The zero-order chi connectivity index (χ0) is 17.6. The number of hydrogen-bond donors (Lipinski definition) is 2. The third kappa shape index (κ3) is 4.14. The van der Waals surface area contributed by atoms with Crippen LogP contribution in [0.15, 0.2) is 60.9 Å². The van der Waals surface area contributed by atoms with Gasteiger partial charge in [0.1, 0.15) is 13.5 Å². The van der Waals surface area contributed by atoms with E-state index in [0.29, 0.717) is 17.3 Å². The van der Waals surface area contributed by atoms with E-state index in [-0.39, 0.29) is 5.91 Å². The van der Waals surface area contributed by atoms with Gasteiger partial charge in [0.25, 0.3) is 5.91 Å². The lowest BCUT2D eigenvalue weighted by molar-refractivity contribution is 0.102. The number of nitrogens with one attached hydrogen (secondary N) is 2. The molecule has 0 spiro atoms. The second-order valence-electron chi connectivity index (χ2n) is 5.43. The third-order valence-corrected chi connectivity index (χ3v) is 3.55. The fourth-order valence-electron chi connectivity index (χ4n) is 2.28. The van der Waals surface area contributed by atoms with Crippen molar-refractivity contribution in [3.05, 3.63) is 66.6 Å². The molecule has 0 aliphatic heterocycles. The minimum absolute atomic E-state index is 0.262. The Bertz CT molecular complexity index is 870. The van der Waals surface area contributed by atoms with Crippen LogP contribution in [0.1, 0.15) is 10.5 Å². The van der Waals surface area contributed by atoms with Crippen molar-refractivity contribution >= 4 is 36.3 Å². The van der Waals surface area contributed by atoms with Crippen molar-refractivity contribution < 1.29 is 9.53 Å². The van der Waals surface area contributed by atoms with Gasteiger partial charge in [-0.3, -0.25) is 9.78 Å². The van der Waals surface area contributed by atoms with Crippen LogP contribution in [-0.2, 0) is 0 Å². The normalized spacial score (nSPS) is 10.1. The molecule has 124 valence electrons. The molecule has 7 heteroatoms. The summed E-state index contributed by atoms with van der Waals surface area (Å²) in [5.41, 5.74) is 3.63. The van der Waals surface area contributed by atoms with Crippen LogP contribution in [-0.4, -0.2) is 30.8 Å². The average Bonchev–Trinajstić information content (AvgIpc) is 2.65. The summed E-state index contributed by atoms with van der Waals surface area (Å²) in [5, 5.41) is 6.16. The molecule has 2 N–H and O–H groups in total. The standard InChI is InChI=1S/C18H17BN4O2/c1-25-17-8-6-13(11-21-17)22-14-7-5-12(19)10-16(14)23-18(24)15-4-2-3-9-20-15/h2-11,22H,19H2,1H3,(H,23,24). The molecule has 0 atom stereocenters. The van der Waals surface area contributed by atoms with E-state index in [1.54, 1.807) is 43.8 Å². The van der Waals surface area contributed by atoms with Crippen molar-refractivity contribution in [3.8, 4) is 5.88 Å². The molecule has 2 heterocycles. The van der Waals surface area contributed by atoms with Gasteiger partial charge in [-0.15, -0.1) is 0 Å². The fourth-order valence-corrected chi connectivity index (χ4v) is 2.28. The summed E-state index contributed by atoms with van der Waals surface area (Å²) in [6, 6.07) is 14.6. The Morgan fingerprint density at radius 1 is 1.08 bits per heavy atom. The molecule has 1 amide bonds. The summed E-state index contributed by atoms with van der Waals surface area (Å²) in [6.45, 7) is 0. The Labute approximate surface area is 146 Å². The lowest BCUT2D eigenvalue weighted by Crippen LogP contribution is -2.16. The molecular formula is C18H17BN4O2. The van der Waals surface area contributed by atoms with Gasteiger partial charge in [-0.1, -0.05) is 17.6 Å². The molecule has 0 bridgehead atoms. The Morgan fingerprint density at radius 2 is 1.96 bits per heavy atom. The highest BCUT2D eigenvalue weighted by Crippen LogP contribution is 2.25. The lowest BCUT2D eigenvalue weighted by Gasteiger charge is -2.14. The summed E-state index contributed by atoms with van der Waals surface area (Å²) < 4.78 is 5.06. The molecule has 2 aromatic heterocycles. The molecule has 6 nitrogen and oxygen atoms in total. The summed E-state index contributed by atoms with van der Waals surface area (Å²) in [6.07, 6.45) is 3.26. The first-order valence-corrected chi connectivity index (χ1v) is 7.76. The van der Waals surface area contributed by atoms with Gasteiger partial charge < -0.3 is 15.4 Å². The van der Waals surface area contributed by atoms with Gasteiger partial charge in [-0.25, -0.2) is 4.98 Å². The predicted molar refractivity (Wildman–Crippen MR) is 101 cm³/mol. The summed E-state index contributed by atoms with van der Waals surface area (Å²) in [5.74, 6) is 0.278. The molecule has 1 aromatic carbocycles. The summed E-state index contributed by atoms with van der Waals surface area (Å²) in [7, 11) is 3.54. The molecule has 3 aromatic rings. The monoisotopic (exact) mass is 332 g/mol. The van der Waals surface area contributed by atoms with Gasteiger partial charge in [0.2, 0.25) is 5.88 Å². The highest BCUT2D eigenvalue weighted by molar-refractivity contribution is 6.33. The van der Waals surface area contributed by atoms with E-state index in [1.165, 1.54) is 0 Å². The number of rotatable bonds is 5. The third-order valence-electron chi connectivity index (χ3n) is 3.55. The van der Waals surface area contributed by atoms with E-state index >= 15 is 0 Å². The van der Waals surface area contributed by atoms with Crippen molar-refractivity contribution in [2.75, 3.05) is 17.7 Å². The molecule has 25 heavy (non-hydrogen) atoms. The average molecular weight is 332 g/mol. The van der Waals surface area contributed by atoms with E-state index in [1.807, 2.05) is 32.1 Å². The second-order valence-corrected chi connectivity index (χ2v) is 5.43. The van der Waals surface area contributed by atoms with E-state index in [0.717, 1.165) is 16.8 Å². The first-order valence-electron chi connectivity index (χ1n) is 7.76. The smallest absolute Gasteiger partial charge is 0.274 e. The molecule has 0 unspecified atom stereocenters. The molecule has 0 fully saturated rings. The maximum atomic E-state index is 12.4. The van der Waals surface area contributed by atoms with Gasteiger partial charge in [0.15, 0.2) is 0 Å². The molecule has 0 aliphatic carbocycles. The van der Waals surface area contributed by atoms with Crippen molar-refractivity contribution in [2.24, 2.45) is 0 Å². The van der Waals surface area contributed by atoms with Crippen molar-refractivity contribution in [1.29, 1.82) is 0 Å². The largest absolute Gasteiger partial charge is 0.481 e. The SMILES string of the molecule is Bc1ccc(Nc2ccc(OC)nc2)c(NC(=O)c2ccccn2)c1. The molecule has 0 saturated carbocycles. The topological polar surface area (TPSA) is 76.1 Å². The van der Waals surface area contributed by atoms with Crippen LogP contribution < -0.4 is 20.8 Å². The highest BCUT2D eigenvalue weighted by Gasteiger charge is 2.11. The zero-order valence-corrected chi connectivity index (χ0v) is 14.0. The number of carbonyl (C=O) groups excluding carboxylic acids is 1. The molecule has 0 aliphatic rings. The number of aromatic nitrogens is 2. The quantitative estimate of drug-likeness (QED) is 0.696. The highest BCUT2D eigenvalue weighted by atomic mass is 16.5. The number of pyridine rings is 2. The van der Waals surface area contributed by atoms with Crippen LogP contribution in [0.3, 0.4) is 0 Å². The van der Waals surface area contributed by atoms with Crippen LogP contribution in [0.2, 0.25) is 0 Å². The van der Waals surface area contributed by atoms with Gasteiger partial charge in [0.05, 0.1) is 30.4 Å². The second kappa shape index (κ2) is 7.48. The van der Waals surface area contributed by atoms with E-state index in [9.17, 15) is 4.79 Å². The van der Waals surface area contributed by atoms with Crippen molar-refractivity contribution in [3.63, 3.8) is 0 Å². The minimum atomic E-state index is -0.262. The number of amides is 1. The van der Waals surface area contributed by atoms with Gasteiger partial charge >= 0.3 is 0 Å². The Morgan fingerprint density at radius 3 is 2.64 bits per heavy atom. The maximum Gasteiger partial charge on any atom is 0.274 e. The Balaban J connectivity index is 1.83. The van der Waals surface area contributed by atoms with Crippen LogP contribution in [0.5, 0.6) is 5.88 Å².